The Morgan fingerprint density at radius 3 is 2.18 bits per heavy atom. The van der Waals surface area contributed by atoms with E-state index in [1.54, 1.807) is 0 Å². The molecule has 0 fully saturated rings. The molecule has 0 heterocycles. The number of Topliss-reactive ketones (excluding diaryl/α,β-unsaturated/α-hetero) is 1. The van der Waals surface area contributed by atoms with Gasteiger partial charge in [-0.25, -0.2) is 9.59 Å². The van der Waals surface area contributed by atoms with Crippen molar-refractivity contribution in [2.45, 2.75) is 26.4 Å². The van der Waals surface area contributed by atoms with Crippen molar-refractivity contribution >= 4 is 17.7 Å². The van der Waals surface area contributed by atoms with Gasteiger partial charge in [0.1, 0.15) is 12.4 Å². The third kappa shape index (κ3) is 10.6. The van der Waals surface area contributed by atoms with Gasteiger partial charge in [0.05, 0.1) is 12.7 Å². The van der Waals surface area contributed by atoms with E-state index in [4.69, 9.17) is 5.11 Å². The Kier molecular flexibility index (Phi) is 7.62. The van der Waals surface area contributed by atoms with Gasteiger partial charge in [0.15, 0.2) is 0 Å². The number of hydrogen-bond donors (Lipinski definition) is 1. The molecule has 1 unspecified atom stereocenters. The third-order valence-electron chi connectivity index (χ3n) is 1.52. The first-order valence-electron chi connectivity index (χ1n) is 5.11. The summed E-state index contributed by atoms with van der Waals surface area (Å²) in [6, 6.07) is 0. The summed E-state index contributed by atoms with van der Waals surface area (Å²) in [5.41, 5.74) is 0. The standard InChI is InChI=1S/C11H16O6/c1-8(12)5-6-16-10(14)3-4-11(15)17-7-9(2)13/h3-4,9,13H,5-7H2,1-2H3/b4-3+. The SMILES string of the molecule is CC(=O)CCOC(=O)/C=C/C(=O)OCC(C)O. The largest absolute Gasteiger partial charge is 0.462 e. The topological polar surface area (TPSA) is 89.9 Å². The maximum absolute atomic E-state index is 11.0. The van der Waals surface area contributed by atoms with Crippen LogP contribution in [0, 0.1) is 0 Å². The number of hydrogen-bond acceptors (Lipinski definition) is 6. The molecule has 6 heteroatoms. The zero-order chi connectivity index (χ0) is 13.3. The molecule has 1 N–H and O–H groups in total. The van der Waals surface area contributed by atoms with E-state index >= 15 is 0 Å². The summed E-state index contributed by atoms with van der Waals surface area (Å²) in [7, 11) is 0. The van der Waals surface area contributed by atoms with Crippen molar-refractivity contribution in [2.75, 3.05) is 13.2 Å². The van der Waals surface area contributed by atoms with Gasteiger partial charge in [0.25, 0.3) is 0 Å². The first-order valence-corrected chi connectivity index (χ1v) is 5.11. The maximum Gasteiger partial charge on any atom is 0.331 e. The highest BCUT2D eigenvalue weighted by Gasteiger charge is 2.03. The lowest BCUT2D eigenvalue weighted by molar-refractivity contribution is -0.142. The van der Waals surface area contributed by atoms with Gasteiger partial charge in [0.2, 0.25) is 0 Å². The van der Waals surface area contributed by atoms with Crippen LogP contribution in [0.5, 0.6) is 0 Å². The van der Waals surface area contributed by atoms with Gasteiger partial charge in [-0.3, -0.25) is 4.79 Å². The van der Waals surface area contributed by atoms with Crippen LogP contribution in [-0.4, -0.2) is 42.1 Å². The number of carbonyl (C=O) groups excluding carboxylic acids is 3. The van der Waals surface area contributed by atoms with Gasteiger partial charge in [-0.05, 0) is 13.8 Å². The Labute approximate surface area is 99.2 Å². The Bertz CT molecular complexity index is 305. The molecule has 0 radical (unpaired) electrons. The lowest BCUT2D eigenvalue weighted by atomic mass is 10.3. The maximum atomic E-state index is 11.0. The summed E-state index contributed by atoms with van der Waals surface area (Å²) in [5.74, 6) is -1.55. The van der Waals surface area contributed by atoms with E-state index in [9.17, 15) is 14.4 Å². The lowest BCUT2D eigenvalue weighted by Gasteiger charge is -2.03. The van der Waals surface area contributed by atoms with E-state index < -0.39 is 18.0 Å². The van der Waals surface area contributed by atoms with E-state index in [0.717, 1.165) is 12.2 Å². The molecule has 6 nitrogen and oxygen atoms in total. The van der Waals surface area contributed by atoms with Crippen LogP contribution in [0.3, 0.4) is 0 Å². The molecule has 0 saturated carbocycles. The molecular weight excluding hydrogens is 228 g/mol. The van der Waals surface area contributed by atoms with Gasteiger partial charge in [-0.15, -0.1) is 0 Å². The first kappa shape index (κ1) is 15.3. The number of esters is 2. The lowest BCUT2D eigenvalue weighted by Crippen LogP contribution is -2.14. The number of aliphatic hydroxyl groups excluding tert-OH is 1. The summed E-state index contributed by atoms with van der Waals surface area (Å²) in [4.78, 5) is 32.5. The molecule has 0 amide bonds. The highest BCUT2D eigenvalue weighted by Crippen LogP contribution is 1.90. The highest BCUT2D eigenvalue weighted by atomic mass is 16.5. The zero-order valence-electron chi connectivity index (χ0n) is 9.84. The Morgan fingerprint density at radius 2 is 1.71 bits per heavy atom. The normalized spacial score (nSPS) is 12.2. The molecule has 0 aromatic heterocycles. The quantitative estimate of drug-likeness (QED) is 0.500. The average Bonchev–Trinajstić information content (AvgIpc) is 2.23. The van der Waals surface area contributed by atoms with E-state index in [0.29, 0.717) is 0 Å². The second-order valence-corrected chi connectivity index (χ2v) is 3.43. The van der Waals surface area contributed by atoms with Crippen molar-refractivity contribution in [3.63, 3.8) is 0 Å². The van der Waals surface area contributed by atoms with Gasteiger partial charge in [-0.1, -0.05) is 0 Å². The van der Waals surface area contributed by atoms with Gasteiger partial charge < -0.3 is 14.6 Å². The van der Waals surface area contributed by atoms with Crippen LogP contribution in [0.15, 0.2) is 12.2 Å². The van der Waals surface area contributed by atoms with Crippen LogP contribution >= 0.6 is 0 Å². The van der Waals surface area contributed by atoms with Crippen LogP contribution in [-0.2, 0) is 23.9 Å². The van der Waals surface area contributed by atoms with Crippen LogP contribution in [0.1, 0.15) is 20.3 Å². The summed E-state index contributed by atoms with van der Waals surface area (Å²) in [5, 5.41) is 8.82. The minimum atomic E-state index is -0.755. The molecule has 96 valence electrons. The molecule has 1 atom stereocenters. The van der Waals surface area contributed by atoms with Crippen molar-refractivity contribution in [3.8, 4) is 0 Å². The summed E-state index contributed by atoms with van der Waals surface area (Å²) < 4.78 is 9.18. The van der Waals surface area contributed by atoms with E-state index in [1.807, 2.05) is 0 Å². The third-order valence-corrected chi connectivity index (χ3v) is 1.52. The van der Waals surface area contributed by atoms with Crippen LogP contribution in [0.2, 0.25) is 0 Å². The summed E-state index contributed by atoms with van der Waals surface area (Å²) in [6.45, 7) is 2.70. The molecule has 0 bridgehead atoms. The minimum absolute atomic E-state index is 0.0127. The molecule has 0 aromatic rings. The predicted molar refractivity (Wildman–Crippen MR) is 58.0 cm³/mol. The average molecular weight is 244 g/mol. The molecular formula is C11H16O6. The number of carbonyl (C=O) groups is 3. The second-order valence-electron chi connectivity index (χ2n) is 3.43. The molecule has 0 saturated heterocycles. The van der Waals surface area contributed by atoms with Crippen molar-refractivity contribution in [1.29, 1.82) is 0 Å². The minimum Gasteiger partial charge on any atom is -0.462 e. The zero-order valence-corrected chi connectivity index (χ0v) is 9.84. The fourth-order valence-corrected chi connectivity index (χ4v) is 0.730. The van der Waals surface area contributed by atoms with Crippen molar-refractivity contribution < 1.29 is 29.0 Å². The summed E-state index contributed by atoms with van der Waals surface area (Å²) in [6.07, 6.45) is 1.20. The number of ether oxygens (including phenoxy) is 2. The van der Waals surface area contributed by atoms with E-state index in [1.165, 1.54) is 13.8 Å². The Balaban J connectivity index is 3.78. The molecule has 0 rings (SSSR count). The van der Waals surface area contributed by atoms with Crippen molar-refractivity contribution in [1.82, 2.24) is 0 Å². The number of rotatable bonds is 7. The van der Waals surface area contributed by atoms with Crippen molar-refractivity contribution in [2.24, 2.45) is 0 Å². The van der Waals surface area contributed by atoms with Gasteiger partial charge in [0, 0.05) is 18.6 Å². The number of aliphatic hydroxyl groups is 1. The van der Waals surface area contributed by atoms with E-state index in [-0.39, 0.29) is 25.4 Å². The van der Waals surface area contributed by atoms with Gasteiger partial charge in [-0.2, -0.15) is 0 Å². The fourth-order valence-electron chi connectivity index (χ4n) is 0.730. The van der Waals surface area contributed by atoms with Gasteiger partial charge >= 0.3 is 11.9 Å². The molecule has 0 aliphatic heterocycles. The summed E-state index contributed by atoms with van der Waals surface area (Å²) >= 11 is 0. The Morgan fingerprint density at radius 1 is 1.18 bits per heavy atom. The van der Waals surface area contributed by atoms with Crippen LogP contribution in [0.4, 0.5) is 0 Å². The fraction of sp³-hybridized carbons (Fsp3) is 0.545. The first-order chi connectivity index (χ1) is 7.91. The highest BCUT2D eigenvalue weighted by molar-refractivity contribution is 5.91. The molecule has 0 aliphatic carbocycles. The number of ketones is 1. The monoisotopic (exact) mass is 244 g/mol. The molecule has 0 aromatic carbocycles. The molecule has 0 spiro atoms. The van der Waals surface area contributed by atoms with E-state index in [2.05, 4.69) is 9.47 Å². The Hall–Kier alpha value is -1.69. The predicted octanol–water partition coefficient (Wildman–Crippen LogP) is -0.0111. The molecule has 0 aliphatic rings. The smallest absolute Gasteiger partial charge is 0.331 e. The second kappa shape index (κ2) is 8.46. The van der Waals surface area contributed by atoms with Crippen LogP contribution in [0.25, 0.3) is 0 Å². The molecule has 17 heavy (non-hydrogen) atoms. The van der Waals surface area contributed by atoms with Crippen LogP contribution < -0.4 is 0 Å². The van der Waals surface area contributed by atoms with Crippen molar-refractivity contribution in [3.05, 3.63) is 12.2 Å².